The average Bonchev–Trinajstić information content (AvgIpc) is 3.14. The summed E-state index contributed by atoms with van der Waals surface area (Å²) in [6, 6.07) is 4.83. The highest BCUT2D eigenvalue weighted by molar-refractivity contribution is 7.90. The maximum absolute atomic E-state index is 12.3. The molecule has 1 saturated carbocycles. The van der Waals surface area contributed by atoms with Gasteiger partial charge in [-0.15, -0.1) is 0 Å². The molecule has 3 rings (SSSR count). The van der Waals surface area contributed by atoms with Gasteiger partial charge in [-0.25, -0.2) is 18.1 Å². The number of rotatable bonds is 3. The van der Waals surface area contributed by atoms with Crippen molar-refractivity contribution in [2.75, 3.05) is 0 Å². The maximum atomic E-state index is 12.3. The summed E-state index contributed by atoms with van der Waals surface area (Å²) in [4.78, 5) is 15.8. The van der Waals surface area contributed by atoms with E-state index in [2.05, 4.69) is 9.71 Å². The monoisotopic (exact) mass is 279 g/mol. The Kier molecular flexibility index (Phi) is 2.60. The molecule has 0 saturated heterocycles. The molecule has 0 radical (unpaired) electrons. The predicted molar refractivity (Wildman–Crippen MR) is 68.8 cm³/mol. The highest BCUT2D eigenvalue weighted by Gasteiger charge is 2.33. The number of hydrogen-bond donors (Lipinski definition) is 1. The number of nitrogens with zero attached hydrogens (tertiary/aromatic N) is 2. The van der Waals surface area contributed by atoms with Crippen LogP contribution in [0.15, 0.2) is 29.4 Å². The molecule has 0 atom stereocenters. The molecule has 1 aliphatic rings. The van der Waals surface area contributed by atoms with Crippen molar-refractivity contribution in [3.63, 3.8) is 0 Å². The summed E-state index contributed by atoms with van der Waals surface area (Å²) in [5.41, 5.74) is 1.09. The smallest absolute Gasteiger partial charge is 0.266 e. The molecule has 2 aromatic rings. The van der Waals surface area contributed by atoms with E-state index in [-0.39, 0.29) is 10.8 Å². The molecule has 7 heteroatoms. The minimum atomic E-state index is -3.84. The lowest BCUT2D eigenvalue weighted by Gasteiger charge is -2.08. The first-order valence-electron chi connectivity index (χ1n) is 5.96. The zero-order valence-corrected chi connectivity index (χ0v) is 11.1. The number of nitrogens with one attached hydrogen (secondary N) is 1. The normalized spacial score (nSPS) is 15.6. The number of fused-ring (bicyclic) bond motifs is 1. The summed E-state index contributed by atoms with van der Waals surface area (Å²) in [5, 5.41) is 0. The fourth-order valence-electron chi connectivity index (χ4n) is 2.01. The number of carbonyl (C=O) groups excluding carboxylic acids is 1. The van der Waals surface area contributed by atoms with Crippen LogP contribution in [0.4, 0.5) is 0 Å². The van der Waals surface area contributed by atoms with Crippen LogP contribution in [0.25, 0.3) is 11.0 Å². The molecule has 1 aromatic heterocycles. The zero-order chi connectivity index (χ0) is 13.6. The molecule has 19 heavy (non-hydrogen) atoms. The van der Waals surface area contributed by atoms with Crippen LogP contribution in [-0.2, 0) is 21.9 Å². The molecule has 1 aromatic carbocycles. The van der Waals surface area contributed by atoms with Gasteiger partial charge in [0.05, 0.1) is 17.4 Å². The lowest BCUT2D eigenvalue weighted by molar-refractivity contribution is -0.120. The van der Waals surface area contributed by atoms with Gasteiger partial charge in [0.15, 0.2) is 0 Å². The number of para-hydroxylation sites is 1. The number of amides is 1. The number of hydrogen-bond acceptors (Lipinski definition) is 4. The highest BCUT2D eigenvalue weighted by Crippen LogP contribution is 2.30. The third-order valence-electron chi connectivity index (χ3n) is 3.17. The fourth-order valence-corrected chi connectivity index (χ4v) is 3.31. The van der Waals surface area contributed by atoms with Crippen LogP contribution < -0.4 is 4.72 Å². The predicted octanol–water partition coefficient (Wildman–Crippen LogP) is 0.788. The van der Waals surface area contributed by atoms with Crippen LogP contribution in [0.1, 0.15) is 12.8 Å². The van der Waals surface area contributed by atoms with Crippen LogP contribution in [-0.4, -0.2) is 23.9 Å². The first-order chi connectivity index (χ1) is 8.99. The SMILES string of the molecule is Cn1cnc2cccc(S(=O)(=O)NC(=O)C3CC3)c21. The molecule has 0 aliphatic heterocycles. The lowest BCUT2D eigenvalue weighted by atomic mass is 10.3. The molecule has 1 aliphatic carbocycles. The summed E-state index contributed by atoms with van der Waals surface area (Å²) in [6.07, 6.45) is 3.07. The quantitative estimate of drug-likeness (QED) is 0.900. The zero-order valence-electron chi connectivity index (χ0n) is 10.3. The van der Waals surface area contributed by atoms with Crippen molar-refractivity contribution in [1.29, 1.82) is 0 Å². The van der Waals surface area contributed by atoms with Crippen LogP contribution in [0.5, 0.6) is 0 Å². The van der Waals surface area contributed by atoms with Crippen molar-refractivity contribution < 1.29 is 13.2 Å². The molecule has 1 amide bonds. The van der Waals surface area contributed by atoms with Crippen molar-refractivity contribution in [1.82, 2.24) is 14.3 Å². The van der Waals surface area contributed by atoms with E-state index in [9.17, 15) is 13.2 Å². The standard InChI is InChI=1S/C12H13N3O3S/c1-15-7-13-9-3-2-4-10(11(9)15)19(17,18)14-12(16)8-5-6-8/h2-4,7-8H,5-6H2,1H3,(H,14,16). The van der Waals surface area contributed by atoms with Crippen molar-refractivity contribution in [3.8, 4) is 0 Å². The Morgan fingerprint density at radius 1 is 1.42 bits per heavy atom. The molecule has 0 spiro atoms. The van der Waals surface area contributed by atoms with E-state index >= 15 is 0 Å². The van der Waals surface area contributed by atoms with Gasteiger partial charge in [-0.3, -0.25) is 4.79 Å². The minimum Gasteiger partial charge on any atom is -0.333 e. The summed E-state index contributed by atoms with van der Waals surface area (Å²) in [5.74, 6) is -0.570. The van der Waals surface area contributed by atoms with E-state index in [1.165, 1.54) is 6.07 Å². The Balaban J connectivity index is 2.07. The molecular formula is C12H13N3O3S. The number of sulfonamides is 1. The Hall–Kier alpha value is -1.89. The largest absolute Gasteiger partial charge is 0.333 e. The molecule has 1 N–H and O–H groups in total. The maximum Gasteiger partial charge on any atom is 0.266 e. The van der Waals surface area contributed by atoms with E-state index in [0.717, 1.165) is 12.8 Å². The molecule has 0 bridgehead atoms. The summed E-state index contributed by atoms with van der Waals surface area (Å²) < 4.78 is 28.3. The Bertz CT molecular complexity index is 760. The minimum absolute atomic E-state index is 0.0824. The first-order valence-corrected chi connectivity index (χ1v) is 7.44. The van der Waals surface area contributed by atoms with Gasteiger partial charge < -0.3 is 4.57 Å². The highest BCUT2D eigenvalue weighted by atomic mass is 32.2. The average molecular weight is 279 g/mol. The van der Waals surface area contributed by atoms with Crippen molar-refractivity contribution in [2.24, 2.45) is 13.0 Å². The molecule has 6 nitrogen and oxygen atoms in total. The van der Waals surface area contributed by atoms with Crippen LogP contribution >= 0.6 is 0 Å². The topological polar surface area (TPSA) is 81.1 Å². The second kappa shape index (κ2) is 4.06. The molecular weight excluding hydrogens is 266 g/mol. The van der Waals surface area contributed by atoms with Gasteiger partial charge in [-0.05, 0) is 25.0 Å². The third kappa shape index (κ3) is 2.10. The van der Waals surface area contributed by atoms with Crippen LogP contribution in [0, 0.1) is 5.92 Å². The third-order valence-corrected chi connectivity index (χ3v) is 4.55. The van der Waals surface area contributed by atoms with Gasteiger partial charge in [-0.2, -0.15) is 0 Å². The number of carbonyl (C=O) groups is 1. The van der Waals surface area contributed by atoms with E-state index in [1.807, 2.05) is 0 Å². The number of aromatic nitrogens is 2. The van der Waals surface area contributed by atoms with Crippen molar-refractivity contribution in [2.45, 2.75) is 17.7 Å². The van der Waals surface area contributed by atoms with Crippen molar-refractivity contribution in [3.05, 3.63) is 24.5 Å². The van der Waals surface area contributed by atoms with E-state index in [1.54, 1.807) is 30.1 Å². The summed E-state index contributed by atoms with van der Waals surface area (Å²) in [7, 11) is -2.12. The van der Waals surface area contributed by atoms with Gasteiger partial charge in [0, 0.05) is 13.0 Å². The number of benzene rings is 1. The van der Waals surface area contributed by atoms with Crippen LogP contribution in [0.2, 0.25) is 0 Å². The number of aryl methyl sites for hydroxylation is 1. The summed E-state index contributed by atoms with van der Waals surface area (Å²) in [6.45, 7) is 0. The fraction of sp³-hybridized carbons (Fsp3) is 0.333. The second-order valence-corrected chi connectivity index (χ2v) is 6.37. The lowest BCUT2D eigenvalue weighted by Crippen LogP contribution is -2.32. The molecule has 1 heterocycles. The van der Waals surface area contributed by atoms with Gasteiger partial charge in [0.2, 0.25) is 5.91 Å². The van der Waals surface area contributed by atoms with Gasteiger partial charge >= 0.3 is 0 Å². The van der Waals surface area contributed by atoms with E-state index in [0.29, 0.717) is 11.0 Å². The Morgan fingerprint density at radius 3 is 2.84 bits per heavy atom. The van der Waals surface area contributed by atoms with E-state index < -0.39 is 15.9 Å². The molecule has 1 fully saturated rings. The second-order valence-electron chi connectivity index (χ2n) is 4.72. The van der Waals surface area contributed by atoms with Gasteiger partial charge in [0.1, 0.15) is 4.90 Å². The van der Waals surface area contributed by atoms with Gasteiger partial charge in [0.25, 0.3) is 10.0 Å². The van der Waals surface area contributed by atoms with Crippen LogP contribution in [0.3, 0.4) is 0 Å². The number of imidazole rings is 1. The van der Waals surface area contributed by atoms with Gasteiger partial charge in [-0.1, -0.05) is 6.07 Å². The van der Waals surface area contributed by atoms with E-state index in [4.69, 9.17) is 0 Å². The van der Waals surface area contributed by atoms with Crippen molar-refractivity contribution >= 4 is 27.0 Å². The first kappa shape index (κ1) is 12.2. The molecule has 0 unspecified atom stereocenters. The Morgan fingerprint density at radius 2 is 2.16 bits per heavy atom. The Labute approximate surface area is 110 Å². The summed E-state index contributed by atoms with van der Waals surface area (Å²) >= 11 is 0. The molecule has 100 valence electrons.